The topological polar surface area (TPSA) is 46.5 Å². The molecule has 6 heteroatoms. The summed E-state index contributed by atoms with van der Waals surface area (Å²) < 4.78 is 29.2. The first-order valence-electron chi connectivity index (χ1n) is 5.29. The van der Waals surface area contributed by atoms with Crippen LogP contribution in [0.25, 0.3) is 0 Å². The lowest BCUT2D eigenvalue weighted by atomic mass is 10.2. The van der Waals surface area contributed by atoms with Gasteiger partial charge in [-0.15, -0.1) is 0 Å². The summed E-state index contributed by atoms with van der Waals surface area (Å²) in [6, 6.07) is 13.8. The fourth-order valence-corrected chi connectivity index (χ4v) is 3.68. The van der Waals surface area contributed by atoms with Crippen molar-refractivity contribution in [2.45, 2.75) is 4.90 Å². The van der Waals surface area contributed by atoms with Crippen LogP contribution in [-0.2, 0) is 10.0 Å². The molecular formula is C13H9Br2NO2S. The van der Waals surface area contributed by atoms with E-state index in [1.165, 1.54) is 12.3 Å². The zero-order chi connectivity index (χ0) is 13.9. The van der Waals surface area contributed by atoms with Crippen molar-refractivity contribution in [3.05, 3.63) is 63.0 Å². The molecule has 19 heavy (non-hydrogen) atoms. The highest BCUT2D eigenvalue weighted by Crippen LogP contribution is 2.23. The molecule has 98 valence electrons. The minimum absolute atomic E-state index is 0.154. The van der Waals surface area contributed by atoms with E-state index in [9.17, 15) is 8.42 Å². The van der Waals surface area contributed by atoms with E-state index in [0.29, 0.717) is 10.0 Å². The zero-order valence-corrected chi connectivity index (χ0v) is 13.6. The molecule has 0 aliphatic heterocycles. The van der Waals surface area contributed by atoms with Gasteiger partial charge in [-0.25, -0.2) is 0 Å². The Morgan fingerprint density at radius 3 is 2.42 bits per heavy atom. The van der Waals surface area contributed by atoms with E-state index in [-0.39, 0.29) is 4.90 Å². The molecule has 0 radical (unpaired) electrons. The van der Waals surface area contributed by atoms with Crippen LogP contribution >= 0.6 is 31.9 Å². The molecule has 0 aromatic heterocycles. The van der Waals surface area contributed by atoms with Crippen LogP contribution in [0.5, 0.6) is 0 Å². The summed E-state index contributed by atoms with van der Waals surface area (Å²) in [5, 5.41) is 0. The molecule has 3 nitrogen and oxygen atoms in total. The summed E-state index contributed by atoms with van der Waals surface area (Å²) >= 11 is 6.53. The zero-order valence-electron chi connectivity index (χ0n) is 9.62. The molecule has 0 saturated heterocycles. The van der Waals surface area contributed by atoms with Gasteiger partial charge in [0.1, 0.15) is 4.90 Å². The van der Waals surface area contributed by atoms with Gasteiger partial charge in [0.05, 0.1) is 0 Å². The van der Waals surface area contributed by atoms with Gasteiger partial charge in [-0.2, -0.15) is 12.8 Å². The molecule has 0 spiro atoms. The number of sulfonamides is 1. The van der Waals surface area contributed by atoms with Crippen LogP contribution < -0.4 is 0 Å². The van der Waals surface area contributed by atoms with E-state index in [4.69, 9.17) is 0 Å². The van der Waals surface area contributed by atoms with Crippen LogP contribution in [-0.4, -0.2) is 14.6 Å². The normalized spacial score (nSPS) is 11.9. The monoisotopic (exact) mass is 401 g/mol. The Morgan fingerprint density at radius 1 is 1.00 bits per heavy atom. The molecule has 2 rings (SSSR count). The highest BCUT2D eigenvalue weighted by Gasteiger charge is 2.14. The van der Waals surface area contributed by atoms with Crippen molar-refractivity contribution in [2.24, 2.45) is 4.40 Å². The van der Waals surface area contributed by atoms with E-state index >= 15 is 0 Å². The summed E-state index contributed by atoms with van der Waals surface area (Å²) in [5.41, 5.74) is 0.713. The minimum Gasteiger partial charge on any atom is -0.199 e. The Labute approximate surface area is 128 Å². The lowest BCUT2D eigenvalue weighted by Crippen LogP contribution is -1.98. The second-order valence-electron chi connectivity index (χ2n) is 3.70. The molecule has 0 aliphatic carbocycles. The highest BCUT2D eigenvalue weighted by molar-refractivity contribution is 9.10. The van der Waals surface area contributed by atoms with Gasteiger partial charge in [-0.1, -0.05) is 40.2 Å². The fraction of sp³-hybridized carbons (Fsp3) is 0. The second-order valence-corrected chi connectivity index (χ2v) is 7.07. The predicted octanol–water partition coefficient (Wildman–Crippen LogP) is 4.02. The molecule has 0 fully saturated rings. The molecule has 0 bridgehead atoms. The van der Waals surface area contributed by atoms with E-state index in [0.717, 1.165) is 4.47 Å². The predicted molar refractivity (Wildman–Crippen MR) is 83.1 cm³/mol. The van der Waals surface area contributed by atoms with Gasteiger partial charge in [-0.3, -0.25) is 0 Å². The Hall–Kier alpha value is -0.980. The van der Waals surface area contributed by atoms with Gasteiger partial charge in [0.25, 0.3) is 10.0 Å². The lowest BCUT2D eigenvalue weighted by molar-refractivity contribution is 0.597. The van der Waals surface area contributed by atoms with Crippen molar-refractivity contribution in [1.29, 1.82) is 0 Å². The molecule has 2 aromatic rings. The quantitative estimate of drug-likeness (QED) is 0.728. The Kier molecular flexibility index (Phi) is 4.54. The third-order valence-corrected chi connectivity index (χ3v) is 5.05. The van der Waals surface area contributed by atoms with Crippen molar-refractivity contribution in [3.63, 3.8) is 0 Å². The number of benzene rings is 2. The van der Waals surface area contributed by atoms with Crippen molar-refractivity contribution >= 4 is 48.1 Å². The number of hydrogen-bond donors (Lipinski definition) is 0. The molecular weight excluding hydrogens is 394 g/mol. The molecule has 0 unspecified atom stereocenters. The van der Waals surface area contributed by atoms with Gasteiger partial charge >= 0.3 is 0 Å². The maximum absolute atomic E-state index is 12.1. The smallest absolute Gasteiger partial charge is 0.199 e. The van der Waals surface area contributed by atoms with Gasteiger partial charge in [0, 0.05) is 15.2 Å². The van der Waals surface area contributed by atoms with Crippen molar-refractivity contribution in [3.8, 4) is 0 Å². The van der Waals surface area contributed by atoms with Crippen molar-refractivity contribution in [2.75, 3.05) is 0 Å². The summed E-state index contributed by atoms with van der Waals surface area (Å²) in [6.45, 7) is 0. The Bertz CT molecular complexity index is 727. The molecule has 0 saturated carbocycles. The Morgan fingerprint density at radius 2 is 1.74 bits per heavy atom. The van der Waals surface area contributed by atoms with Gasteiger partial charge < -0.3 is 0 Å². The maximum atomic E-state index is 12.1. The summed E-state index contributed by atoms with van der Waals surface area (Å²) in [4.78, 5) is 0.154. The molecule has 2 aromatic carbocycles. The molecule has 0 N–H and O–H groups in total. The second kappa shape index (κ2) is 5.98. The van der Waals surface area contributed by atoms with Crippen LogP contribution in [0.4, 0.5) is 0 Å². The van der Waals surface area contributed by atoms with Crippen LogP contribution in [0, 0.1) is 0 Å². The van der Waals surface area contributed by atoms with Crippen LogP contribution in [0.1, 0.15) is 5.56 Å². The van der Waals surface area contributed by atoms with E-state index in [1.54, 1.807) is 30.3 Å². The summed E-state index contributed by atoms with van der Waals surface area (Å²) in [7, 11) is -3.69. The van der Waals surface area contributed by atoms with Crippen LogP contribution in [0.15, 0.2) is 66.8 Å². The maximum Gasteiger partial charge on any atom is 0.283 e. The summed E-state index contributed by atoms with van der Waals surface area (Å²) in [5.74, 6) is 0. The van der Waals surface area contributed by atoms with Gasteiger partial charge in [0.15, 0.2) is 0 Å². The first kappa shape index (κ1) is 14.4. The Balaban J connectivity index is 2.35. The average molecular weight is 403 g/mol. The third kappa shape index (κ3) is 3.75. The highest BCUT2D eigenvalue weighted by atomic mass is 79.9. The van der Waals surface area contributed by atoms with Gasteiger partial charge in [-0.05, 0) is 45.8 Å². The number of hydrogen-bond acceptors (Lipinski definition) is 2. The van der Waals surface area contributed by atoms with E-state index in [2.05, 4.69) is 36.3 Å². The first-order valence-corrected chi connectivity index (χ1v) is 8.32. The SMILES string of the molecule is O=S(=O)(N=Cc1cccc(Br)c1)c1ccccc1Br. The molecule has 0 atom stereocenters. The number of nitrogens with zero attached hydrogens (tertiary/aromatic N) is 1. The van der Waals surface area contributed by atoms with Crippen LogP contribution in [0.3, 0.4) is 0 Å². The van der Waals surface area contributed by atoms with Crippen molar-refractivity contribution < 1.29 is 8.42 Å². The first-order chi connectivity index (χ1) is 8.99. The largest absolute Gasteiger partial charge is 0.283 e. The minimum atomic E-state index is -3.69. The molecule has 0 heterocycles. The number of halogens is 2. The van der Waals surface area contributed by atoms with E-state index in [1.807, 2.05) is 12.1 Å². The fourth-order valence-electron chi connectivity index (χ4n) is 1.43. The van der Waals surface area contributed by atoms with Crippen molar-refractivity contribution in [1.82, 2.24) is 0 Å². The molecule has 0 aliphatic rings. The van der Waals surface area contributed by atoms with E-state index < -0.39 is 10.0 Å². The third-order valence-electron chi connectivity index (χ3n) is 2.30. The number of rotatable bonds is 3. The molecule has 0 amide bonds. The standard InChI is InChI=1S/C13H9Br2NO2S/c14-11-5-3-4-10(8-11)9-16-19(17,18)13-7-2-1-6-12(13)15/h1-9H. The average Bonchev–Trinajstić information content (AvgIpc) is 2.37. The lowest BCUT2D eigenvalue weighted by Gasteiger charge is -2.01. The van der Waals surface area contributed by atoms with Crippen LogP contribution in [0.2, 0.25) is 0 Å². The van der Waals surface area contributed by atoms with Gasteiger partial charge in [0.2, 0.25) is 0 Å². The summed E-state index contributed by atoms with van der Waals surface area (Å²) in [6.07, 6.45) is 1.33.